The Hall–Kier alpha value is -1.42. The number of hydrogen-bond acceptors (Lipinski definition) is 4. The average molecular weight is 232 g/mol. The maximum atomic E-state index is 5.38. The van der Waals surface area contributed by atoms with Crippen molar-refractivity contribution in [3.63, 3.8) is 0 Å². The van der Waals surface area contributed by atoms with Crippen LogP contribution in [0, 0.1) is 0 Å². The van der Waals surface area contributed by atoms with Crippen molar-refractivity contribution in [1.82, 2.24) is 9.97 Å². The van der Waals surface area contributed by atoms with Crippen molar-refractivity contribution < 1.29 is 4.74 Å². The summed E-state index contributed by atoms with van der Waals surface area (Å²) >= 11 is 1.61. The number of ether oxygens (including phenoxy) is 1. The van der Waals surface area contributed by atoms with Crippen LogP contribution >= 0.6 is 11.3 Å². The van der Waals surface area contributed by atoms with E-state index >= 15 is 0 Å². The molecule has 1 fully saturated rings. The quantitative estimate of drug-likeness (QED) is 0.815. The van der Waals surface area contributed by atoms with E-state index in [1.165, 1.54) is 12.8 Å². The van der Waals surface area contributed by atoms with Gasteiger partial charge in [0.15, 0.2) is 5.06 Å². The predicted molar refractivity (Wildman–Crippen MR) is 63.9 cm³/mol. The molecule has 0 N–H and O–H groups in total. The van der Waals surface area contributed by atoms with Gasteiger partial charge in [0.2, 0.25) is 0 Å². The molecule has 16 heavy (non-hydrogen) atoms. The van der Waals surface area contributed by atoms with E-state index in [1.54, 1.807) is 24.6 Å². The Morgan fingerprint density at radius 3 is 2.94 bits per heavy atom. The SMILES string of the molecule is COc1sc(-c2cccnc2)nc1C1CC1. The van der Waals surface area contributed by atoms with Gasteiger partial charge in [0.25, 0.3) is 0 Å². The zero-order valence-corrected chi connectivity index (χ0v) is 9.83. The highest BCUT2D eigenvalue weighted by molar-refractivity contribution is 7.17. The Balaban J connectivity index is 2.02. The maximum Gasteiger partial charge on any atom is 0.197 e. The monoisotopic (exact) mass is 232 g/mol. The minimum absolute atomic E-state index is 0.622. The van der Waals surface area contributed by atoms with Gasteiger partial charge in [-0.3, -0.25) is 4.98 Å². The molecule has 0 bridgehead atoms. The van der Waals surface area contributed by atoms with Gasteiger partial charge < -0.3 is 4.74 Å². The van der Waals surface area contributed by atoms with Crippen molar-refractivity contribution >= 4 is 11.3 Å². The molecular weight excluding hydrogens is 220 g/mol. The maximum absolute atomic E-state index is 5.38. The summed E-state index contributed by atoms with van der Waals surface area (Å²) in [6.07, 6.45) is 6.10. The lowest BCUT2D eigenvalue weighted by Crippen LogP contribution is -1.86. The summed E-state index contributed by atoms with van der Waals surface area (Å²) in [6.45, 7) is 0. The van der Waals surface area contributed by atoms with Gasteiger partial charge in [0.05, 0.1) is 12.8 Å². The number of methoxy groups -OCH3 is 1. The zero-order chi connectivity index (χ0) is 11.0. The van der Waals surface area contributed by atoms with Gasteiger partial charge in [-0.05, 0) is 25.0 Å². The fraction of sp³-hybridized carbons (Fsp3) is 0.333. The van der Waals surface area contributed by atoms with Crippen molar-refractivity contribution in [1.29, 1.82) is 0 Å². The van der Waals surface area contributed by atoms with Gasteiger partial charge in [-0.25, -0.2) is 4.98 Å². The molecule has 2 aromatic rings. The van der Waals surface area contributed by atoms with Gasteiger partial charge in [-0.2, -0.15) is 0 Å². The van der Waals surface area contributed by atoms with Crippen molar-refractivity contribution in [3.8, 4) is 15.6 Å². The van der Waals surface area contributed by atoms with E-state index in [9.17, 15) is 0 Å². The van der Waals surface area contributed by atoms with Crippen LogP contribution in [0.15, 0.2) is 24.5 Å². The molecule has 82 valence electrons. The minimum atomic E-state index is 0.622. The lowest BCUT2D eigenvalue weighted by molar-refractivity contribution is 0.420. The van der Waals surface area contributed by atoms with E-state index < -0.39 is 0 Å². The summed E-state index contributed by atoms with van der Waals surface area (Å²) in [5.74, 6) is 0.622. The summed E-state index contributed by atoms with van der Waals surface area (Å²) < 4.78 is 5.38. The Labute approximate surface area is 98.1 Å². The van der Waals surface area contributed by atoms with Crippen molar-refractivity contribution in [2.75, 3.05) is 7.11 Å². The molecule has 0 aromatic carbocycles. The van der Waals surface area contributed by atoms with E-state index in [2.05, 4.69) is 9.97 Å². The Morgan fingerprint density at radius 1 is 1.44 bits per heavy atom. The van der Waals surface area contributed by atoms with Crippen LogP contribution in [0.1, 0.15) is 24.5 Å². The molecule has 3 nitrogen and oxygen atoms in total. The number of nitrogens with zero attached hydrogens (tertiary/aromatic N) is 2. The van der Waals surface area contributed by atoms with Crippen LogP contribution in [0.2, 0.25) is 0 Å². The highest BCUT2D eigenvalue weighted by Gasteiger charge is 2.30. The first-order valence-corrected chi connectivity index (χ1v) is 6.15. The predicted octanol–water partition coefficient (Wildman–Crippen LogP) is 3.09. The molecular formula is C12H12N2OS. The van der Waals surface area contributed by atoms with Crippen LogP contribution in [0.3, 0.4) is 0 Å². The largest absolute Gasteiger partial charge is 0.486 e. The fourth-order valence-electron chi connectivity index (χ4n) is 1.69. The van der Waals surface area contributed by atoms with Crippen molar-refractivity contribution in [2.45, 2.75) is 18.8 Å². The molecule has 0 amide bonds. The molecule has 1 saturated carbocycles. The van der Waals surface area contributed by atoms with E-state index in [-0.39, 0.29) is 0 Å². The van der Waals surface area contributed by atoms with Gasteiger partial charge in [-0.15, -0.1) is 0 Å². The number of pyridine rings is 1. The summed E-state index contributed by atoms with van der Waals surface area (Å²) in [5.41, 5.74) is 2.20. The van der Waals surface area contributed by atoms with Crippen molar-refractivity contribution in [3.05, 3.63) is 30.2 Å². The fourth-order valence-corrected chi connectivity index (χ4v) is 2.65. The third kappa shape index (κ3) is 1.69. The van der Waals surface area contributed by atoms with E-state index in [0.29, 0.717) is 5.92 Å². The van der Waals surface area contributed by atoms with Crippen molar-refractivity contribution in [2.24, 2.45) is 0 Å². The molecule has 0 radical (unpaired) electrons. The first-order chi connectivity index (χ1) is 7.88. The van der Waals surface area contributed by atoms with E-state index in [4.69, 9.17) is 4.74 Å². The molecule has 0 saturated heterocycles. The Morgan fingerprint density at radius 2 is 2.31 bits per heavy atom. The number of thiazole rings is 1. The Bertz CT molecular complexity index is 491. The molecule has 0 aliphatic heterocycles. The molecule has 2 aromatic heterocycles. The third-order valence-corrected chi connectivity index (χ3v) is 3.76. The molecule has 1 aliphatic carbocycles. The number of rotatable bonds is 3. The van der Waals surface area contributed by atoms with Crippen LogP contribution in [-0.4, -0.2) is 17.1 Å². The lowest BCUT2D eigenvalue weighted by atomic mass is 10.3. The van der Waals surface area contributed by atoms with E-state index in [0.717, 1.165) is 21.3 Å². The molecule has 0 atom stereocenters. The average Bonchev–Trinajstić information content (AvgIpc) is 3.10. The number of aromatic nitrogens is 2. The molecule has 0 spiro atoms. The summed E-state index contributed by atoms with van der Waals surface area (Å²) in [4.78, 5) is 8.78. The van der Waals surface area contributed by atoms with Crippen LogP contribution in [0.5, 0.6) is 5.06 Å². The Kier molecular flexibility index (Phi) is 2.36. The highest BCUT2D eigenvalue weighted by atomic mass is 32.1. The third-order valence-electron chi connectivity index (χ3n) is 2.68. The minimum Gasteiger partial charge on any atom is -0.486 e. The molecule has 2 heterocycles. The summed E-state index contributed by atoms with van der Waals surface area (Å²) in [7, 11) is 1.71. The first kappa shape index (κ1) is 9.78. The van der Waals surface area contributed by atoms with Crippen LogP contribution in [0.25, 0.3) is 10.6 Å². The highest BCUT2D eigenvalue weighted by Crippen LogP contribution is 2.47. The van der Waals surface area contributed by atoms with Gasteiger partial charge >= 0.3 is 0 Å². The normalized spacial score (nSPS) is 15.1. The molecule has 0 unspecified atom stereocenters. The summed E-state index contributed by atoms with van der Waals surface area (Å²) in [6, 6.07) is 3.96. The smallest absolute Gasteiger partial charge is 0.197 e. The summed E-state index contributed by atoms with van der Waals surface area (Å²) in [5, 5.41) is 1.97. The van der Waals surface area contributed by atoms with Gasteiger partial charge in [0, 0.05) is 23.9 Å². The van der Waals surface area contributed by atoms with Crippen LogP contribution in [-0.2, 0) is 0 Å². The second-order valence-corrected chi connectivity index (χ2v) is 4.87. The number of hydrogen-bond donors (Lipinski definition) is 0. The second-order valence-electron chi connectivity index (χ2n) is 3.91. The van der Waals surface area contributed by atoms with E-state index in [1.807, 2.05) is 18.3 Å². The standard InChI is InChI=1S/C12H12N2OS/c1-15-12-10(8-4-5-8)14-11(16-12)9-3-2-6-13-7-9/h2-3,6-8H,4-5H2,1H3. The molecule has 3 rings (SSSR count). The molecule has 4 heteroatoms. The van der Waals surface area contributed by atoms with Crippen LogP contribution in [0.4, 0.5) is 0 Å². The second kappa shape index (κ2) is 3.87. The van der Waals surface area contributed by atoms with Gasteiger partial charge in [0.1, 0.15) is 5.01 Å². The first-order valence-electron chi connectivity index (χ1n) is 5.33. The molecule has 1 aliphatic rings. The lowest BCUT2D eigenvalue weighted by Gasteiger charge is -1.95. The zero-order valence-electron chi connectivity index (χ0n) is 9.01. The van der Waals surface area contributed by atoms with Gasteiger partial charge in [-0.1, -0.05) is 11.3 Å². The topological polar surface area (TPSA) is 35.0 Å². The van der Waals surface area contributed by atoms with Crippen LogP contribution < -0.4 is 4.74 Å².